The highest BCUT2D eigenvalue weighted by molar-refractivity contribution is 4.77. The molecule has 0 rings (SSSR count). The molecule has 0 saturated heterocycles. The Morgan fingerprint density at radius 3 is 1.73 bits per heavy atom. The number of aliphatic hydroxyl groups excluding tert-OH is 5. The van der Waals surface area contributed by atoms with E-state index in [0.717, 1.165) is 0 Å². The molecule has 11 heavy (non-hydrogen) atoms. The molecule has 0 saturated carbocycles. The van der Waals surface area contributed by atoms with E-state index < -0.39 is 31.0 Å². The Labute approximate surface area is 64.5 Å². The lowest BCUT2D eigenvalue weighted by Gasteiger charge is -2.23. The van der Waals surface area contributed by atoms with Crippen molar-refractivity contribution in [3.8, 4) is 0 Å². The maximum Gasteiger partial charge on any atom is 0.110 e. The zero-order valence-corrected chi connectivity index (χ0v) is 6.25. The van der Waals surface area contributed by atoms with Gasteiger partial charge in [0, 0.05) is 0 Å². The van der Waals surface area contributed by atoms with Crippen molar-refractivity contribution >= 4 is 0 Å². The fraction of sp³-hybridized carbons (Fsp3) is 1.00. The number of hydrogen-bond donors (Lipinski definition) is 5. The third-order valence-electron chi connectivity index (χ3n) is 1.43. The molecule has 0 aromatic rings. The average molecular weight is 166 g/mol. The molecule has 0 fully saturated rings. The van der Waals surface area contributed by atoms with E-state index in [4.69, 9.17) is 25.5 Å². The lowest BCUT2D eigenvalue weighted by Crippen LogP contribution is -2.44. The van der Waals surface area contributed by atoms with Gasteiger partial charge in [-0.25, -0.2) is 0 Å². The molecule has 68 valence electrons. The van der Waals surface area contributed by atoms with Gasteiger partial charge in [-0.05, 0) is 6.92 Å². The van der Waals surface area contributed by atoms with Crippen LogP contribution in [0.2, 0.25) is 0 Å². The van der Waals surface area contributed by atoms with Crippen LogP contribution in [0, 0.1) is 0 Å². The second kappa shape index (κ2) is 4.63. The molecule has 0 heterocycles. The highest BCUT2D eigenvalue weighted by atomic mass is 16.4. The molecule has 5 nitrogen and oxygen atoms in total. The summed E-state index contributed by atoms with van der Waals surface area (Å²) >= 11 is 0. The maximum absolute atomic E-state index is 8.94. The summed E-state index contributed by atoms with van der Waals surface area (Å²) in [5.41, 5.74) is 0. The van der Waals surface area contributed by atoms with Crippen LogP contribution in [0.15, 0.2) is 0 Å². The first-order chi connectivity index (χ1) is 5.00. The summed E-state index contributed by atoms with van der Waals surface area (Å²) in [6.07, 6.45) is -5.50. The Bertz CT molecular complexity index is 105. The Hall–Kier alpha value is -0.200. The standard InChI is InChI=1S/C6H14O5/c1-3(8)5(10)6(11)4(9)2-7/h3-11H,2H2,1H3/t3?,4?,5-,6?/m1/s1. The molecule has 0 aromatic heterocycles. The maximum atomic E-state index is 8.94. The summed E-state index contributed by atoms with van der Waals surface area (Å²) < 4.78 is 0. The predicted molar refractivity (Wildman–Crippen MR) is 36.8 cm³/mol. The Balaban J connectivity index is 3.90. The van der Waals surface area contributed by atoms with Crippen molar-refractivity contribution in [1.82, 2.24) is 0 Å². The summed E-state index contributed by atoms with van der Waals surface area (Å²) in [5, 5.41) is 43.7. The fourth-order valence-corrected chi connectivity index (χ4v) is 0.621. The minimum atomic E-state index is -1.51. The molecule has 0 aliphatic carbocycles. The third-order valence-corrected chi connectivity index (χ3v) is 1.43. The molecular weight excluding hydrogens is 152 g/mol. The zero-order valence-electron chi connectivity index (χ0n) is 6.25. The third kappa shape index (κ3) is 3.13. The summed E-state index contributed by atoms with van der Waals surface area (Å²) in [5.74, 6) is 0. The van der Waals surface area contributed by atoms with Crippen LogP contribution in [-0.2, 0) is 0 Å². The largest absolute Gasteiger partial charge is 0.394 e. The first-order valence-corrected chi connectivity index (χ1v) is 3.33. The van der Waals surface area contributed by atoms with Crippen LogP contribution in [0.4, 0.5) is 0 Å². The van der Waals surface area contributed by atoms with Crippen molar-refractivity contribution in [1.29, 1.82) is 0 Å². The van der Waals surface area contributed by atoms with Gasteiger partial charge in [0.25, 0.3) is 0 Å². The van der Waals surface area contributed by atoms with Crippen molar-refractivity contribution in [2.45, 2.75) is 31.3 Å². The topological polar surface area (TPSA) is 101 Å². The van der Waals surface area contributed by atoms with Gasteiger partial charge in [-0.3, -0.25) is 0 Å². The van der Waals surface area contributed by atoms with Crippen LogP contribution in [-0.4, -0.2) is 56.6 Å². The van der Waals surface area contributed by atoms with Crippen LogP contribution in [0.1, 0.15) is 6.92 Å². The number of aliphatic hydroxyl groups is 5. The normalized spacial score (nSPS) is 22.4. The molecule has 4 atom stereocenters. The molecule has 0 aromatic carbocycles. The Morgan fingerprint density at radius 2 is 1.45 bits per heavy atom. The highest BCUT2D eigenvalue weighted by Crippen LogP contribution is 2.03. The van der Waals surface area contributed by atoms with Crippen LogP contribution in [0.3, 0.4) is 0 Å². The van der Waals surface area contributed by atoms with E-state index in [1.165, 1.54) is 6.92 Å². The van der Waals surface area contributed by atoms with E-state index in [-0.39, 0.29) is 0 Å². The summed E-state index contributed by atoms with van der Waals surface area (Å²) in [6, 6.07) is 0. The summed E-state index contributed by atoms with van der Waals surface area (Å²) in [6.45, 7) is 0.628. The smallest absolute Gasteiger partial charge is 0.110 e. The molecule has 0 radical (unpaired) electrons. The molecule has 5 N–H and O–H groups in total. The van der Waals surface area contributed by atoms with Gasteiger partial charge in [-0.15, -0.1) is 0 Å². The van der Waals surface area contributed by atoms with Gasteiger partial charge in [-0.1, -0.05) is 0 Å². The number of hydrogen-bond acceptors (Lipinski definition) is 5. The molecule has 5 heteroatoms. The van der Waals surface area contributed by atoms with Gasteiger partial charge in [0.1, 0.15) is 18.3 Å². The monoisotopic (exact) mass is 166 g/mol. The van der Waals surface area contributed by atoms with Gasteiger partial charge in [0.2, 0.25) is 0 Å². The zero-order chi connectivity index (χ0) is 9.02. The first-order valence-electron chi connectivity index (χ1n) is 3.33. The fourth-order valence-electron chi connectivity index (χ4n) is 0.621. The van der Waals surface area contributed by atoms with Crippen molar-refractivity contribution in [3.63, 3.8) is 0 Å². The van der Waals surface area contributed by atoms with Gasteiger partial charge in [0.05, 0.1) is 12.7 Å². The summed E-state index contributed by atoms with van der Waals surface area (Å²) in [4.78, 5) is 0. The number of rotatable bonds is 4. The van der Waals surface area contributed by atoms with Gasteiger partial charge in [0.15, 0.2) is 0 Å². The van der Waals surface area contributed by atoms with Gasteiger partial charge in [-0.2, -0.15) is 0 Å². The molecule has 0 spiro atoms. The molecule has 3 unspecified atom stereocenters. The lowest BCUT2D eigenvalue weighted by atomic mass is 10.1. The highest BCUT2D eigenvalue weighted by Gasteiger charge is 2.27. The second-order valence-corrected chi connectivity index (χ2v) is 2.47. The van der Waals surface area contributed by atoms with Crippen molar-refractivity contribution < 1.29 is 25.5 Å². The lowest BCUT2D eigenvalue weighted by molar-refractivity contribution is -0.110. The van der Waals surface area contributed by atoms with Crippen LogP contribution >= 0.6 is 0 Å². The van der Waals surface area contributed by atoms with Crippen molar-refractivity contribution in [3.05, 3.63) is 0 Å². The molecule has 0 aliphatic rings. The second-order valence-electron chi connectivity index (χ2n) is 2.47. The Morgan fingerprint density at radius 1 is 1.00 bits per heavy atom. The molecular formula is C6H14O5. The minimum Gasteiger partial charge on any atom is -0.394 e. The van der Waals surface area contributed by atoms with Crippen molar-refractivity contribution in [2.24, 2.45) is 0 Å². The average Bonchev–Trinajstić information content (AvgIpc) is 2.00. The minimum absolute atomic E-state index is 0.648. The summed E-state index contributed by atoms with van der Waals surface area (Å²) in [7, 11) is 0. The van der Waals surface area contributed by atoms with E-state index >= 15 is 0 Å². The van der Waals surface area contributed by atoms with Gasteiger partial charge < -0.3 is 25.5 Å². The van der Waals surface area contributed by atoms with Crippen LogP contribution < -0.4 is 0 Å². The van der Waals surface area contributed by atoms with E-state index in [1.54, 1.807) is 0 Å². The first kappa shape index (κ1) is 10.8. The molecule has 0 aliphatic heterocycles. The van der Waals surface area contributed by atoms with Crippen LogP contribution in [0.5, 0.6) is 0 Å². The van der Waals surface area contributed by atoms with E-state index in [0.29, 0.717) is 0 Å². The SMILES string of the molecule is CC(O)[C@@H](O)C(O)C(O)CO. The molecule has 0 amide bonds. The van der Waals surface area contributed by atoms with E-state index in [2.05, 4.69) is 0 Å². The molecule has 0 bridgehead atoms. The van der Waals surface area contributed by atoms with Crippen LogP contribution in [0.25, 0.3) is 0 Å². The van der Waals surface area contributed by atoms with Gasteiger partial charge >= 0.3 is 0 Å². The van der Waals surface area contributed by atoms with E-state index in [1.807, 2.05) is 0 Å². The Kier molecular flexibility index (Phi) is 4.55. The van der Waals surface area contributed by atoms with E-state index in [9.17, 15) is 0 Å². The van der Waals surface area contributed by atoms with Crippen molar-refractivity contribution in [2.75, 3.05) is 6.61 Å². The predicted octanol–water partition coefficient (Wildman–Crippen LogP) is -2.56. The quantitative estimate of drug-likeness (QED) is 0.316.